The summed E-state index contributed by atoms with van der Waals surface area (Å²) in [6.07, 6.45) is 0. The number of amides is 2. The number of rotatable bonds is 6. The van der Waals surface area contributed by atoms with Crippen molar-refractivity contribution in [2.45, 2.75) is 6.92 Å². The van der Waals surface area contributed by atoms with Gasteiger partial charge in [0.05, 0.1) is 11.4 Å². The van der Waals surface area contributed by atoms with Crippen LogP contribution >= 0.6 is 0 Å². The minimum Gasteiger partial charge on any atom is -0.350 e. The summed E-state index contributed by atoms with van der Waals surface area (Å²) in [6, 6.07) is 18.3. The third kappa shape index (κ3) is 4.13. The standard InChI is InChI=1S/C19H19N5O2/c1-14-17(23-24(22-14)16-10-6-3-7-11-16)19(26)21-13-12-20-18(25)15-8-4-2-5-9-15/h2-11H,12-13H2,1H3,(H,20,25)(H,21,26). The van der Waals surface area contributed by atoms with Crippen molar-refractivity contribution in [1.82, 2.24) is 25.6 Å². The minimum absolute atomic E-state index is 0.175. The number of hydrogen-bond acceptors (Lipinski definition) is 4. The second kappa shape index (κ2) is 8.06. The number of para-hydroxylation sites is 1. The molecule has 0 bridgehead atoms. The van der Waals surface area contributed by atoms with Gasteiger partial charge in [-0.1, -0.05) is 36.4 Å². The second-order valence-electron chi connectivity index (χ2n) is 5.64. The van der Waals surface area contributed by atoms with E-state index in [1.807, 2.05) is 36.4 Å². The maximum absolute atomic E-state index is 12.3. The molecular formula is C19H19N5O2. The van der Waals surface area contributed by atoms with Crippen molar-refractivity contribution >= 4 is 11.8 Å². The predicted octanol–water partition coefficient (Wildman–Crippen LogP) is 1.74. The van der Waals surface area contributed by atoms with Crippen molar-refractivity contribution in [1.29, 1.82) is 0 Å². The van der Waals surface area contributed by atoms with E-state index in [2.05, 4.69) is 20.8 Å². The molecule has 0 spiro atoms. The quantitative estimate of drug-likeness (QED) is 0.664. The van der Waals surface area contributed by atoms with Crippen LogP contribution in [0.3, 0.4) is 0 Å². The molecule has 0 fully saturated rings. The SMILES string of the molecule is Cc1nn(-c2ccccc2)nc1C(=O)NCCNC(=O)c1ccccc1. The lowest BCUT2D eigenvalue weighted by molar-refractivity contribution is 0.0924. The van der Waals surface area contributed by atoms with Crippen molar-refractivity contribution < 1.29 is 9.59 Å². The molecule has 3 aromatic rings. The molecule has 0 aliphatic rings. The zero-order valence-corrected chi connectivity index (χ0v) is 14.3. The van der Waals surface area contributed by atoms with Crippen LogP contribution < -0.4 is 10.6 Å². The normalized spacial score (nSPS) is 10.3. The number of hydrogen-bond donors (Lipinski definition) is 2. The van der Waals surface area contributed by atoms with Gasteiger partial charge in [-0.25, -0.2) is 0 Å². The molecule has 0 saturated heterocycles. The monoisotopic (exact) mass is 349 g/mol. The van der Waals surface area contributed by atoms with Crippen molar-refractivity contribution in [3.63, 3.8) is 0 Å². The van der Waals surface area contributed by atoms with Gasteiger partial charge in [-0.2, -0.15) is 9.90 Å². The van der Waals surface area contributed by atoms with Crippen LogP contribution in [-0.4, -0.2) is 39.9 Å². The highest BCUT2D eigenvalue weighted by atomic mass is 16.2. The fraction of sp³-hybridized carbons (Fsp3) is 0.158. The van der Waals surface area contributed by atoms with Crippen molar-refractivity contribution in [2.24, 2.45) is 0 Å². The first-order valence-corrected chi connectivity index (χ1v) is 8.26. The number of aromatic nitrogens is 3. The fourth-order valence-electron chi connectivity index (χ4n) is 2.39. The lowest BCUT2D eigenvalue weighted by Crippen LogP contribution is -2.35. The number of carbonyl (C=O) groups excluding carboxylic acids is 2. The summed E-state index contributed by atoms with van der Waals surface area (Å²) in [4.78, 5) is 25.6. The third-order valence-corrected chi connectivity index (χ3v) is 3.72. The topological polar surface area (TPSA) is 88.9 Å². The number of carbonyl (C=O) groups is 2. The third-order valence-electron chi connectivity index (χ3n) is 3.72. The van der Waals surface area contributed by atoms with Crippen LogP contribution in [0.25, 0.3) is 5.69 Å². The van der Waals surface area contributed by atoms with Crippen molar-refractivity contribution in [3.8, 4) is 5.69 Å². The van der Waals surface area contributed by atoms with Gasteiger partial charge >= 0.3 is 0 Å². The Kier molecular flexibility index (Phi) is 5.38. The summed E-state index contributed by atoms with van der Waals surface area (Å²) in [6.45, 7) is 2.36. The Morgan fingerprint density at radius 1 is 0.846 bits per heavy atom. The molecule has 0 unspecified atom stereocenters. The molecule has 0 saturated carbocycles. The van der Waals surface area contributed by atoms with Crippen LogP contribution in [0, 0.1) is 6.92 Å². The maximum atomic E-state index is 12.3. The molecule has 3 rings (SSSR count). The van der Waals surface area contributed by atoms with Gasteiger partial charge in [0.25, 0.3) is 11.8 Å². The first-order chi connectivity index (χ1) is 12.6. The van der Waals surface area contributed by atoms with Crippen LogP contribution in [0.5, 0.6) is 0 Å². The van der Waals surface area contributed by atoms with Crippen LogP contribution in [0.1, 0.15) is 26.5 Å². The van der Waals surface area contributed by atoms with Crippen LogP contribution in [0.2, 0.25) is 0 Å². The van der Waals surface area contributed by atoms with E-state index in [1.54, 1.807) is 31.2 Å². The maximum Gasteiger partial charge on any atom is 0.273 e. The Balaban J connectivity index is 1.53. The number of nitrogens with zero attached hydrogens (tertiary/aromatic N) is 3. The van der Waals surface area contributed by atoms with E-state index in [9.17, 15) is 9.59 Å². The van der Waals surface area contributed by atoms with E-state index in [0.717, 1.165) is 5.69 Å². The van der Waals surface area contributed by atoms with Gasteiger partial charge in [0, 0.05) is 18.7 Å². The predicted molar refractivity (Wildman–Crippen MR) is 97.2 cm³/mol. The molecule has 26 heavy (non-hydrogen) atoms. The summed E-state index contributed by atoms with van der Waals surface area (Å²) in [7, 11) is 0. The minimum atomic E-state index is -0.321. The van der Waals surface area contributed by atoms with Crippen LogP contribution in [0.4, 0.5) is 0 Å². The van der Waals surface area contributed by atoms with Gasteiger partial charge in [0.2, 0.25) is 0 Å². The lowest BCUT2D eigenvalue weighted by Gasteiger charge is -2.06. The summed E-state index contributed by atoms with van der Waals surface area (Å²) in [5.41, 5.74) is 2.17. The largest absolute Gasteiger partial charge is 0.350 e. The lowest BCUT2D eigenvalue weighted by atomic mass is 10.2. The van der Waals surface area contributed by atoms with Crippen LogP contribution in [0.15, 0.2) is 60.7 Å². The first-order valence-electron chi connectivity index (χ1n) is 8.26. The zero-order valence-electron chi connectivity index (χ0n) is 14.3. The van der Waals surface area contributed by atoms with Gasteiger partial charge < -0.3 is 10.6 Å². The molecular weight excluding hydrogens is 330 g/mol. The molecule has 2 aromatic carbocycles. The molecule has 0 aliphatic carbocycles. The first kappa shape index (κ1) is 17.3. The molecule has 7 nitrogen and oxygen atoms in total. The highest BCUT2D eigenvalue weighted by Gasteiger charge is 2.16. The molecule has 0 aliphatic heterocycles. The number of aryl methyl sites for hydroxylation is 1. The number of benzene rings is 2. The Morgan fingerprint density at radius 3 is 2.08 bits per heavy atom. The Labute approximate surface area is 151 Å². The molecule has 0 atom stereocenters. The number of nitrogens with one attached hydrogen (secondary N) is 2. The fourth-order valence-corrected chi connectivity index (χ4v) is 2.39. The molecule has 2 amide bonds. The van der Waals surface area contributed by atoms with Crippen molar-refractivity contribution in [2.75, 3.05) is 13.1 Å². The highest BCUT2D eigenvalue weighted by molar-refractivity contribution is 5.94. The summed E-state index contributed by atoms with van der Waals surface area (Å²) in [5, 5.41) is 14.0. The Bertz CT molecular complexity index is 891. The molecule has 1 aromatic heterocycles. The van der Waals surface area contributed by atoms with Gasteiger partial charge in [-0.3, -0.25) is 9.59 Å². The Hall–Kier alpha value is -3.48. The highest BCUT2D eigenvalue weighted by Crippen LogP contribution is 2.07. The molecule has 0 radical (unpaired) electrons. The molecule has 132 valence electrons. The summed E-state index contributed by atoms with van der Waals surface area (Å²) >= 11 is 0. The van der Waals surface area contributed by atoms with E-state index in [0.29, 0.717) is 24.3 Å². The van der Waals surface area contributed by atoms with E-state index in [4.69, 9.17) is 0 Å². The smallest absolute Gasteiger partial charge is 0.273 e. The summed E-state index contributed by atoms with van der Waals surface area (Å²) < 4.78 is 0. The van der Waals surface area contributed by atoms with Gasteiger partial charge in [-0.15, -0.1) is 5.10 Å². The molecule has 2 N–H and O–H groups in total. The van der Waals surface area contributed by atoms with Gasteiger partial charge in [0.15, 0.2) is 5.69 Å². The van der Waals surface area contributed by atoms with E-state index in [-0.39, 0.29) is 17.5 Å². The van der Waals surface area contributed by atoms with Crippen LogP contribution in [-0.2, 0) is 0 Å². The molecule has 1 heterocycles. The zero-order chi connectivity index (χ0) is 18.4. The molecule has 7 heteroatoms. The summed E-state index contributed by atoms with van der Waals surface area (Å²) in [5.74, 6) is -0.496. The van der Waals surface area contributed by atoms with Gasteiger partial charge in [-0.05, 0) is 31.2 Å². The van der Waals surface area contributed by atoms with E-state index < -0.39 is 0 Å². The van der Waals surface area contributed by atoms with Crippen molar-refractivity contribution in [3.05, 3.63) is 77.6 Å². The average Bonchev–Trinajstić information content (AvgIpc) is 3.08. The van der Waals surface area contributed by atoms with E-state index in [1.165, 1.54) is 4.80 Å². The van der Waals surface area contributed by atoms with E-state index >= 15 is 0 Å². The van der Waals surface area contributed by atoms with Gasteiger partial charge in [0.1, 0.15) is 0 Å². The Morgan fingerprint density at radius 2 is 1.42 bits per heavy atom. The second-order valence-corrected chi connectivity index (χ2v) is 5.64. The average molecular weight is 349 g/mol.